The summed E-state index contributed by atoms with van der Waals surface area (Å²) in [6, 6.07) is 0. The van der Waals surface area contributed by atoms with E-state index < -0.39 is 5.56 Å². The summed E-state index contributed by atoms with van der Waals surface area (Å²) in [7, 11) is 0. The molecule has 3 N–H and O–H groups in total. The van der Waals surface area contributed by atoms with Crippen LogP contribution in [-0.2, 0) is 0 Å². The van der Waals surface area contributed by atoms with Crippen LogP contribution in [0.3, 0.4) is 0 Å². The van der Waals surface area contributed by atoms with Crippen LogP contribution in [0.15, 0.2) is 4.79 Å². The Balaban J connectivity index is 2.93. The van der Waals surface area contributed by atoms with E-state index >= 15 is 0 Å². The molecule has 0 fully saturated rings. The Morgan fingerprint density at radius 1 is 1.45 bits per heavy atom. The topological polar surface area (TPSA) is 115 Å². The molecule has 0 unspecified atom stereocenters. The van der Waals surface area contributed by atoms with Crippen LogP contribution in [0.1, 0.15) is 0 Å². The van der Waals surface area contributed by atoms with E-state index in [4.69, 9.17) is 5.84 Å². The third-order valence-corrected chi connectivity index (χ3v) is 1.18. The number of aromatic nitrogens is 6. The molecule has 0 saturated heterocycles. The van der Waals surface area contributed by atoms with Crippen molar-refractivity contribution in [2.24, 2.45) is 0 Å². The Labute approximate surface area is 59.3 Å². The predicted octanol–water partition coefficient (Wildman–Crippen LogP) is -2.43. The van der Waals surface area contributed by atoms with Crippen molar-refractivity contribution in [3.8, 4) is 11.5 Å². The molecule has 0 aliphatic carbocycles. The van der Waals surface area contributed by atoms with Crippen molar-refractivity contribution in [1.29, 1.82) is 0 Å². The summed E-state index contributed by atoms with van der Waals surface area (Å²) in [6.45, 7) is 0. The molecule has 2 heterocycles. The van der Waals surface area contributed by atoms with Crippen molar-refractivity contribution in [2.45, 2.75) is 0 Å². The molecule has 0 amide bonds. The smallest absolute Gasteiger partial charge is 0.317 e. The zero-order valence-electron chi connectivity index (χ0n) is 5.22. The molecule has 0 saturated carbocycles. The molecule has 0 aromatic carbocycles. The SMILES string of the molecule is Nn1[nH]nc2nnnc-2c1=O. The number of nitrogen functional groups attached to an aromatic ring is 1. The standard InChI is InChI=1S/C3H3N7O/c4-10-3(11)1-2(7-9-10)6-8-5-1/h9H,4H2. The minimum Gasteiger partial charge on any atom is -0.320 e. The highest BCUT2D eigenvalue weighted by Crippen LogP contribution is 2.00. The summed E-state index contributed by atoms with van der Waals surface area (Å²) >= 11 is 0. The van der Waals surface area contributed by atoms with Crippen LogP contribution in [-0.4, -0.2) is 30.5 Å². The zero-order valence-corrected chi connectivity index (χ0v) is 5.22. The molecule has 0 radical (unpaired) electrons. The summed E-state index contributed by atoms with van der Waals surface area (Å²) in [6.07, 6.45) is 0. The first-order valence-corrected chi connectivity index (χ1v) is 2.70. The van der Waals surface area contributed by atoms with Crippen LogP contribution in [0.25, 0.3) is 11.5 Å². The van der Waals surface area contributed by atoms with Gasteiger partial charge in [-0.15, -0.1) is 20.1 Å². The van der Waals surface area contributed by atoms with Gasteiger partial charge in [-0.05, 0) is 5.21 Å². The van der Waals surface area contributed by atoms with Crippen molar-refractivity contribution in [2.75, 3.05) is 5.84 Å². The van der Waals surface area contributed by atoms with E-state index in [1.807, 2.05) is 0 Å². The van der Waals surface area contributed by atoms with Crippen LogP contribution < -0.4 is 11.4 Å². The monoisotopic (exact) mass is 153 g/mol. The van der Waals surface area contributed by atoms with Gasteiger partial charge in [-0.3, -0.25) is 4.79 Å². The van der Waals surface area contributed by atoms with Gasteiger partial charge in [0.1, 0.15) is 0 Å². The average molecular weight is 153 g/mol. The summed E-state index contributed by atoms with van der Waals surface area (Å²) in [5.74, 6) is 5.30. The quantitative estimate of drug-likeness (QED) is 0.407. The molecule has 8 heteroatoms. The van der Waals surface area contributed by atoms with Gasteiger partial charge < -0.3 is 5.84 Å². The van der Waals surface area contributed by atoms with Crippen molar-refractivity contribution in [3.05, 3.63) is 10.4 Å². The van der Waals surface area contributed by atoms with Crippen LogP contribution in [0.2, 0.25) is 0 Å². The maximum Gasteiger partial charge on any atom is 0.317 e. The second kappa shape index (κ2) is 1.75. The van der Waals surface area contributed by atoms with Crippen molar-refractivity contribution in [3.63, 3.8) is 0 Å². The van der Waals surface area contributed by atoms with E-state index in [9.17, 15) is 4.79 Å². The van der Waals surface area contributed by atoms with E-state index in [2.05, 4.69) is 25.7 Å². The predicted molar refractivity (Wildman–Crippen MR) is 33.0 cm³/mol. The minimum absolute atomic E-state index is 0.0613. The fraction of sp³-hybridized carbons (Fsp3) is 0. The summed E-state index contributed by atoms with van der Waals surface area (Å²) in [4.78, 5) is 11.7. The zero-order chi connectivity index (χ0) is 7.84. The highest BCUT2D eigenvalue weighted by atomic mass is 16.1. The molecule has 0 aromatic heterocycles. The summed E-state index contributed by atoms with van der Waals surface area (Å²) < 4.78 is 0. The molecule has 11 heavy (non-hydrogen) atoms. The molecule has 0 bridgehead atoms. The number of H-pyrrole nitrogens is 1. The Kier molecular flexibility index (Phi) is 0.916. The maximum atomic E-state index is 11.0. The maximum absolute atomic E-state index is 11.0. The number of rotatable bonds is 0. The minimum atomic E-state index is -0.500. The first-order chi connectivity index (χ1) is 5.29. The first-order valence-electron chi connectivity index (χ1n) is 2.70. The number of aromatic amines is 1. The number of nitrogens with one attached hydrogen (secondary N) is 1. The normalized spacial score (nSPS) is 10.5. The second-order valence-corrected chi connectivity index (χ2v) is 1.85. The Hall–Kier alpha value is -1.99. The number of fused-ring (bicyclic) bond motifs is 1. The van der Waals surface area contributed by atoms with Gasteiger partial charge in [0, 0.05) is 0 Å². The molecule has 2 aliphatic heterocycles. The van der Waals surface area contributed by atoms with E-state index in [1.54, 1.807) is 0 Å². The van der Waals surface area contributed by atoms with Crippen LogP contribution in [0, 0.1) is 0 Å². The Morgan fingerprint density at radius 2 is 2.27 bits per heavy atom. The van der Waals surface area contributed by atoms with Gasteiger partial charge >= 0.3 is 5.56 Å². The van der Waals surface area contributed by atoms with Gasteiger partial charge in [-0.1, -0.05) is 0 Å². The van der Waals surface area contributed by atoms with Gasteiger partial charge in [0.05, 0.1) is 0 Å². The Morgan fingerprint density at radius 3 is 3.09 bits per heavy atom. The van der Waals surface area contributed by atoms with Crippen LogP contribution in [0.5, 0.6) is 0 Å². The van der Waals surface area contributed by atoms with Crippen molar-refractivity contribution in [1.82, 2.24) is 30.5 Å². The molecule has 8 nitrogen and oxygen atoms in total. The van der Waals surface area contributed by atoms with Gasteiger partial charge in [0.25, 0.3) is 0 Å². The first kappa shape index (κ1) is 5.77. The number of nitrogens with zero attached hydrogens (tertiary/aromatic N) is 5. The molecule has 0 spiro atoms. The molecule has 0 atom stereocenters. The van der Waals surface area contributed by atoms with Gasteiger partial charge in [0.2, 0.25) is 11.5 Å². The second-order valence-electron chi connectivity index (χ2n) is 1.85. The fourth-order valence-electron chi connectivity index (χ4n) is 0.676. The number of hydrogen-bond acceptors (Lipinski definition) is 6. The molecule has 2 aliphatic rings. The van der Waals surface area contributed by atoms with E-state index in [0.717, 1.165) is 0 Å². The van der Waals surface area contributed by atoms with Crippen molar-refractivity contribution < 1.29 is 0 Å². The molecule has 0 aromatic rings. The summed E-state index contributed by atoms with van der Waals surface area (Å²) in [5, 5.41) is 15.9. The summed E-state index contributed by atoms with van der Waals surface area (Å²) in [5.41, 5.74) is -0.439. The lowest BCUT2D eigenvalue weighted by Gasteiger charge is -1.95. The average Bonchev–Trinajstić information content (AvgIpc) is 2.45. The van der Waals surface area contributed by atoms with E-state index in [1.165, 1.54) is 0 Å². The molecular formula is C3H3N7O. The molecular weight excluding hydrogens is 150 g/mol. The number of hydrogen-bond donors (Lipinski definition) is 2. The van der Waals surface area contributed by atoms with Crippen LogP contribution >= 0.6 is 0 Å². The highest BCUT2D eigenvalue weighted by molar-refractivity contribution is 5.44. The lowest BCUT2D eigenvalue weighted by Crippen LogP contribution is -2.32. The highest BCUT2D eigenvalue weighted by Gasteiger charge is 2.14. The molecule has 56 valence electrons. The van der Waals surface area contributed by atoms with Crippen LogP contribution in [0.4, 0.5) is 0 Å². The van der Waals surface area contributed by atoms with E-state index in [0.29, 0.717) is 4.79 Å². The third kappa shape index (κ3) is 0.655. The largest absolute Gasteiger partial charge is 0.320 e. The van der Waals surface area contributed by atoms with Gasteiger partial charge in [0.15, 0.2) is 0 Å². The lowest BCUT2D eigenvalue weighted by atomic mass is 10.4. The van der Waals surface area contributed by atoms with Gasteiger partial charge in [-0.25, -0.2) is 0 Å². The Bertz CT molecular complexity index is 401. The number of nitrogens with two attached hydrogens (primary N) is 1. The van der Waals surface area contributed by atoms with Gasteiger partial charge in [-0.2, -0.15) is 5.21 Å². The third-order valence-electron chi connectivity index (χ3n) is 1.18. The fourth-order valence-corrected chi connectivity index (χ4v) is 0.676. The van der Waals surface area contributed by atoms with E-state index in [-0.39, 0.29) is 11.5 Å². The van der Waals surface area contributed by atoms with Crippen molar-refractivity contribution >= 4 is 0 Å². The molecule has 2 rings (SSSR count). The lowest BCUT2D eigenvalue weighted by molar-refractivity contribution is 0.679.